The van der Waals surface area contributed by atoms with Gasteiger partial charge in [-0.1, -0.05) is 36.4 Å². The van der Waals surface area contributed by atoms with Crippen molar-refractivity contribution in [1.82, 2.24) is 0 Å². The number of anilines is 6. The molecule has 6 aromatic rings. The molecule has 0 atom stereocenters. The number of fused-ring (bicyclic) bond motifs is 6. The summed E-state index contributed by atoms with van der Waals surface area (Å²) >= 11 is 0. The van der Waals surface area contributed by atoms with E-state index in [4.69, 9.17) is 33.2 Å². The molecule has 9 heterocycles. The van der Waals surface area contributed by atoms with Gasteiger partial charge in [0.1, 0.15) is 17.2 Å². The van der Waals surface area contributed by atoms with E-state index in [0.29, 0.717) is 105 Å². The first kappa shape index (κ1) is 65.5. The number of alkyl halides is 9. The normalized spacial score (nSPS) is 20.2. The lowest BCUT2D eigenvalue weighted by Crippen LogP contribution is -2.56. The number of para-hydroxylation sites is 1. The monoisotopic (exact) mass is 1350 g/mol. The van der Waals surface area contributed by atoms with E-state index in [2.05, 4.69) is 31.9 Å². The second-order valence-electron chi connectivity index (χ2n) is 25.2. The molecule has 19 nitrogen and oxygen atoms in total. The Morgan fingerprint density at radius 1 is 0.474 bits per heavy atom. The molecule has 9 aliphatic rings. The fraction of sp³-hybridized carbons (Fsp3) is 0.304. The summed E-state index contributed by atoms with van der Waals surface area (Å²) in [6.45, 7) is 4.89. The first-order valence-electron chi connectivity index (χ1n) is 30.4. The highest BCUT2D eigenvalue weighted by molar-refractivity contribution is 6.10. The first-order chi connectivity index (χ1) is 45.9. The molecule has 6 amide bonds. The van der Waals surface area contributed by atoms with Gasteiger partial charge in [0.05, 0.1) is 73.1 Å². The molecule has 3 fully saturated rings. The third kappa shape index (κ3) is 13.4. The van der Waals surface area contributed by atoms with Crippen molar-refractivity contribution in [3.63, 3.8) is 0 Å². The number of benzene rings is 6. The van der Waals surface area contributed by atoms with E-state index >= 15 is 0 Å². The number of rotatable bonds is 6. The van der Waals surface area contributed by atoms with E-state index in [0.717, 1.165) is 47.5 Å². The van der Waals surface area contributed by atoms with Crippen LogP contribution >= 0.6 is 0 Å². The molecule has 3 saturated heterocycles. The summed E-state index contributed by atoms with van der Waals surface area (Å²) < 4.78 is 157. The van der Waals surface area contributed by atoms with Crippen LogP contribution in [0.1, 0.15) is 84.0 Å². The van der Waals surface area contributed by atoms with Gasteiger partial charge in [0.15, 0.2) is 29.2 Å². The molecule has 0 aliphatic carbocycles. The molecule has 504 valence electrons. The minimum absolute atomic E-state index is 0.0663. The number of carbonyl (C=O) groups excluding carboxylic acids is 6. The molecule has 3 spiro atoms. The van der Waals surface area contributed by atoms with Gasteiger partial charge in [-0.2, -0.15) is 39.5 Å². The van der Waals surface area contributed by atoms with Crippen molar-refractivity contribution in [2.24, 2.45) is 0 Å². The van der Waals surface area contributed by atoms with Crippen LogP contribution in [0.25, 0.3) is 16.7 Å². The van der Waals surface area contributed by atoms with Crippen LogP contribution in [0.3, 0.4) is 0 Å². The third-order valence-corrected chi connectivity index (χ3v) is 17.6. The zero-order valence-corrected chi connectivity index (χ0v) is 51.3. The molecule has 6 aromatic carbocycles. The summed E-state index contributed by atoms with van der Waals surface area (Å²) in [6, 6.07) is 25.2. The van der Waals surface area contributed by atoms with Gasteiger partial charge in [-0.05, 0) is 121 Å². The molecule has 0 saturated carbocycles. The maximum absolute atomic E-state index is 13.2. The zero-order valence-electron chi connectivity index (χ0n) is 51.3. The topological polar surface area (TPSA) is 239 Å². The molecule has 0 radical (unpaired) electrons. The third-order valence-electron chi connectivity index (χ3n) is 17.6. The number of hydrogen-bond acceptors (Lipinski definition) is 13. The molecule has 15 rings (SSSR count). The van der Waals surface area contributed by atoms with E-state index in [9.17, 15) is 68.3 Å². The zero-order chi connectivity index (χ0) is 68.6. The Hall–Kier alpha value is -10.2. The first-order valence-corrected chi connectivity index (χ1v) is 30.4. The summed E-state index contributed by atoms with van der Waals surface area (Å²) in [5.74, 6) is -1.24. The standard InChI is InChI=1S/C24H21F3N2O4.C23H19F3N2O4.C22H17F3N2O5/c1-22(2)17-6-4-15(9-18(17)29-21(22)31)28-20(30)7-13-10-23(11-32-12-23)33-19-8-14(24(25,26)27)3-5-16(13)19;24-23(25,26)14-4-5-15-13(10-22(11-31-12-22)32-19(15)9-14)8-21(30)28-18-3-1-2-17-16(18)6-7-20(29)27-17;23-22(24,25)13-4-5-14-12(8-21(10-30-11-21)32-17(14)7-13)6-18(28)26-15-2-1-3-16-20(15)31-9-19(29)27-16/h3-9H,10-12H2,1-2H3,(H,28,30)(H,29,31);1-5,8-9H,6-7,10-12H2,(H,27,29)(H,28,30);1-7H,8-11H2,(H,26,28)(H,27,29)/b13-7+;13-8+;12-6+. The van der Waals surface area contributed by atoms with Crippen molar-refractivity contribution in [2.75, 3.05) is 78.1 Å². The van der Waals surface area contributed by atoms with Crippen molar-refractivity contribution in [2.45, 2.75) is 86.7 Å². The lowest BCUT2D eigenvalue weighted by molar-refractivity contribution is -0.161. The molecule has 0 unspecified atom stereocenters. The van der Waals surface area contributed by atoms with Crippen molar-refractivity contribution in [1.29, 1.82) is 0 Å². The largest absolute Gasteiger partial charge is 0.481 e. The average Bonchev–Trinajstić information content (AvgIpc) is 1.51. The summed E-state index contributed by atoms with van der Waals surface area (Å²) in [6.07, 6.45) is -7.55. The Morgan fingerprint density at radius 2 is 0.907 bits per heavy atom. The summed E-state index contributed by atoms with van der Waals surface area (Å²) in [5.41, 5.74) is 2.45. The highest BCUT2D eigenvalue weighted by atomic mass is 19.4. The van der Waals surface area contributed by atoms with Crippen LogP contribution < -0.4 is 50.8 Å². The fourth-order valence-corrected chi connectivity index (χ4v) is 12.6. The molecule has 0 aromatic heterocycles. The van der Waals surface area contributed by atoms with Gasteiger partial charge in [0.25, 0.3) is 5.91 Å². The van der Waals surface area contributed by atoms with Crippen LogP contribution in [0.4, 0.5) is 73.6 Å². The Bertz CT molecular complexity index is 4210. The van der Waals surface area contributed by atoms with Crippen LogP contribution in [-0.2, 0) is 73.3 Å². The number of halogens is 9. The van der Waals surface area contributed by atoms with Gasteiger partial charge in [0.2, 0.25) is 29.5 Å². The van der Waals surface area contributed by atoms with Crippen molar-refractivity contribution >= 4 is 86.3 Å². The maximum atomic E-state index is 13.2. The highest BCUT2D eigenvalue weighted by Crippen LogP contribution is 2.50. The highest BCUT2D eigenvalue weighted by Gasteiger charge is 2.50. The van der Waals surface area contributed by atoms with E-state index in [1.54, 1.807) is 54.6 Å². The molecule has 9 aliphatic heterocycles. The Morgan fingerprint density at radius 3 is 1.36 bits per heavy atom. The second-order valence-corrected chi connectivity index (χ2v) is 25.2. The van der Waals surface area contributed by atoms with E-state index in [1.807, 2.05) is 13.8 Å². The molecular formula is C69H57F9N6O13. The van der Waals surface area contributed by atoms with Crippen LogP contribution in [0.15, 0.2) is 127 Å². The van der Waals surface area contributed by atoms with Crippen molar-refractivity contribution in [3.8, 4) is 23.0 Å². The number of nitrogens with one attached hydrogen (secondary N) is 6. The number of carbonyl (C=O) groups is 6. The van der Waals surface area contributed by atoms with Gasteiger partial charge < -0.3 is 65.1 Å². The van der Waals surface area contributed by atoms with Crippen molar-refractivity contribution < 1.29 is 101 Å². The number of amides is 6. The Labute approximate surface area is 545 Å². The minimum atomic E-state index is -4.51. The van der Waals surface area contributed by atoms with E-state index < -0.39 is 75.2 Å². The van der Waals surface area contributed by atoms with Crippen LogP contribution in [0, 0.1) is 0 Å². The predicted octanol–water partition coefficient (Wildman–Crippen LogP) is 12.3. The average molecular weight is 1350 g/mol. The fourth-order valence-electron chi connectivity index (χ4n) is 12.6. The lowest BCUT2D eigenvalue weighted by Gasteiger charge is -2.45. The van der Waals surface area contributed by atoms with Gasteiger partial charge >= 0.3 is 18.5 Å². The summed E-state index contributed by atoms with van der Waals surface area (Å²) in [4.78, 5) is 73.7. The van der Waals surface area contributed by atoms with Gasteiger partial charge in [-0.25, -0.2) is 0 Å². The molecule has 6 N–H and O–H groups in total. The van der Waals surface area contributed by atoms with Crippen LogP contribution in [-0.4, -0.2) is 98.5 Å². The van der Waals surface area contributed by atoms with Gasteiger partial charge in [-0.3, -0.25) is 28.8 Å². The van der Waals surface area contributed by atoms with E-state index in [1.165, 1.54) is 36.4 Å². The lowest BCUT2D eigenvalue weighted by atomic mass is 9.85. The number of hydrogen-bond donors (Lipinski definition) is 6. The van der Waals surface area contributed by atoms with Gasteiger partial charge in [0, 0.05) is 83.4 Å². The maximum Gasteiger partial charge on any atom is 0.416 e. The Balaban J connectivity index is 0.000000131. The Kier molecular flexibility index (Phi) is 16.5. The van der Waals surface area contributed by atoms with Crippen LogP contribution in [0.2, 0.25) is 0 Å². The second kappa shape index (κ2) is 24.5. The summed E-state index contributed by atoms with van der Waals surface area (Å²) in [7, 11) is 0. The number of ether oxygens (including phenoxy) is 7. The van der Waals surface area contributed by atoms with Gasteiger partial charge in [-0.15, -0.1) is 0 Å². The smallest absolute Gasteiger partial charge is 0.416 e. The van der Waals surface area contributed by atoms with E-state index in [-0.39, 0.29) is 81.2 Å². The SMILES string of the molecule is CC1(C)C(=O)Nc2cc(NC(=O)/C=C3\CC4(COC4)Oc4cc(C(F)(F)F)ccc43)ccc21.O=C(/C=C1\CC2(COC2)Oc2cc(C(F)(F)F)ccc21)Nc1cccc2c1CCC(=O)N2.O=C(/C=C1\CC2(COC2)Oc2cc(C(F)(F)F)ccc21)Nc1cccc2c1OCC(=O)N2. The summed E-state index contributed by atoms with van der Waals surface area (Å²) in [5, 5.41) is 16.6. The molecular weight excluding hydrogens is 1290 g/mol. The molecule has 0 bridgehead atoms. The van der Waals surface area contributed by atoms with Crippen molar-refractivity contribution in [3.05, 3.63) is 172 Å². The van der Waals surface area contributed by atoms with Crippen LogP contribution in [0.5, 0.6) is 23.0 Å². The predicted molar refractivity (Wildman–Crippen MR) is 333 cm³/mol. The minimum Gasteiger partial charge on any atom is -0.481 e. The molecule has 97 heavy (non-hydrogen) atoms. The molecule has 28 heteroatoms. The quantitative estimate of drug-likeness (QED) is 0.0673.